The highest BCUT2D eigenvalue weighted by molar-refractivity contribution is 5.88. The lowest BCUT2D eigenvalue weighted by Crippen LogP contribution is -2.34. The maximum Gasteiger partial charge on any atom is 0.221 e. The van der Waals surface area contributed by atoms with Crippen molar-refractivity contribution in [1.29, 1.82) is 0 Å². The number of fused-ring (bicyclic) bond motifs is 1. The molecule has 2 saturated heterocycles. The van der Waals surface area contributed by atoms with Crippen LogP contribution in [0.15, 0.2) is 36.4 Å². The molecule has 2 N–H and O–H groups in total. The Morgan fingerprint density at radius 2 is 1.80 bits per heavy atom. The van der Waals surface area contributed by atoms with Crippen LogP contribution in [0.25, 0.3) is 11.3 Å². The third-order valence-electron chi connectivity index (χ3n) is 6.61. The van der Waals surface area contributed by atoms with Gasteiger partial charge in [0.1, 0.15) is 5.82 Å². The largest absolute Gasteiger partial charge is 0.381 e. The van der Waals surface area contributed by atoms with Crippen molar-refractivity contribution >= 4 is 17.4 Å². The van der Waals surface area contributed by atoms with Crippen LogP contribution in [0.3, 0.4) is 0 Å². The van der Waals surface area contributed by atoms with E-state index >= 15 is 0 Å². The van der Waals surface area contributed by atoms with Crippen molar-refractivity contribution in [3.8, 4) is 11.3 Å². The lowest BCUT2D eigenvalue weighted by atomic mass is 10.00. The van der Waals surface area contributed by atoms with E-state index in [1.165, 1.54) is 39.4 Å². The van der Waals surface area contributed by atoms with E-state index in [1.54, 1.807) is 0 Å². The third kappa shape index (κ3) is 4.32. The Morgan fingerprint density at radius 1 is 1.07 bits per heavy atom. The second kappa shape index (κ2) is 8.32. The number of nitrogens with zero attached hydrogens (tertiary/aromatic N) is 3. The van der Waals surface area contributed by atoms with E-state index in [-0.39, 0.29) is 5.91 Å². The molecule has 1 aromatic heterocycles. The number of hydrogen-bond donors (Lipinski definition) is 2. The van der Waals surface area contributed by atoms with Gasteiger partial charge in [0.25, 0.3) is 0 Å². The quantitative estimate of drug-likeness (QED) is 0.767. The lowest BCUT2D eigenvalue weighted by molar-refractivity contribution is -0.114. The van der Waals surface area contributed by atoms with Gasteiger partial charge < -0.3 is 20.3 Å². The summed E-state index contributed by atoms with van der Waals surface area (Å²) in [5, 5.41) is 15.1. The molecule has 3 fully saturated rings. The average molecular weight is 408 g/mol. The molecule has 1 aromatic carbocycles. The van der Waals surface area contributed by atoms with E-state index in [4.69, 9.17) is 4.74 Å². The van der Waals surface area contributed by atoms with Crippen LogP contribution in [-0.4, -0.2) is 59.9 Å². The lowest BCUT2D eigenvalue weighted by Gasteiger charge is -2.28. The molecule has 30 heavy (non-hydrogen) atoms. The fourth-order valence-electron chi connectivity index (χ4n) is 4.93. The van der Waals surface area contributed by atoms with Gasteiger partial charge in [-0.15, -0.1) is 10.2 Å². The van der Waals surface area contributed by atoms with Crippen LogP contribution < -0.4 is 10.6 Å². The van der Waals surface area contributed by atoms with E-state index in [9.17, 15) is 4.79 Å². The van der Waals surface area contributed by atoms with Crippen LogP contribution in [-0.2, 0) is 9.53 Å². The fraction of sp³-hybridized carbons (Fsp3) is 0.522. The van der Waals surface area contributed by atoms with E-state index in [0.29, 0.717) is 6.04 Å². The normalized spacial score (nSPS) is 26.2. The summed E-state index contributed by atoms with van der Waals surface area (Å²) in [6.45, 7) is 7.01. The van der Waals surface area contributed by atoms with Crippen molar-refractivity contribution in [3.05, 3.63) is 36.4 Å². The minimum Gasteiger partial charge on any atom is -0.381 e. The van der Waals surface area contributed by atoms with Crippen molar-refractivity contribution in [2.24, 2.45) is 17.8 Å². The average Bonchev–Trinajstić information content (AvgIpc) is 3.19. The SMILES string of the molecule is CC(=O)Nc1ccc(-c2ccc(NC3[C@H]4CN(CC5CCOCC5)C[C@@H]34)nn2)cc1. The number of nitrogens with one attached hydrogen (secondary N) is 2. The van der Waals surface area contributed by atoms with Gasteiger partial charge in [-0.1, -0.05) is 12.1 Å². The molecule has 0 bridgehead atoms. The highest BCUT2D eigenvalue weighted by Crippen LogP contribution is 2.47. The Labute approximate surface area is 177 Å². The van der Waals surface area contributed by atoms with Gasteiger partial charge >= 0.3 is 0 Å². The molecule has 3 heterocycles. The summed E-state index contributed by atoms with van der Waals surface area (Å²) < 4.78 is 5.48. The van der Waals surface area contributed by atoms with Crippen LogP contribution in [0, 0.1) is 17.8 Å². The van der Waals surface area contributed by atoms with E-state index < -0.39 is 0 Å². The molecular weight excluding hydrogens is 378 g/mol. The van der Waals surface area contributed by atoms with Crippen molar-refractivity contribution < 1.29 is 9.53 Å². The summed E-state index contributed by atoms with van der Waals surface area (Å²) in [6.07, 6.45) is 2.43. The molecule has 158 valence electrons. The first kappa shape index (κ1) is 19.5. The smallest absolute Gasteiger partial charge is 0.221 e. The second-order valence-electron chi connectivity index (χ2n) is 8.83. The van der Waals surface area contributed by atoms with Gasteiger partial charge in [0.15, 0.2) is 0 Å². The van der Waals surface area contributed by atoms with E-state index in [1.807, 2.05) is 36.4 Å². The third-order valence-corrected chi connectivity index (χ3v) is 6.61. The molecule has 2 aromatic rings. The Balaban J connectivity index is 1.11. The van der Waals surface area contributed by atoms with Gasteiger partial charge in [-0.3, -0.25) is 4.79 Å². The molecule has 0 spiro atoms. The van der Waals surface area contributed by atoms with Crippen LogP contribution in [0.2, 0.25) is 0 Å². The van der Waals surface area contributed by atoms with Crippen LogP contribution in [0.5, 0.6) is 0 Å². The maximum absolute atomic E-state index is 11.1. The first-order valence-electron chi connectivity index (χ1n) is 10.9. The number of piperidine rings is 1. The number of amides is 1. The monoisotopic (exact) mass is 407 g/mol. The van der Waals surface area contributed by atoms with Gasteiger partial charge in [0, 0.05) is 57.1 Å². The van der Waals surface area contributed by atoms with E-state index in [0.717, 1.165) is 53.7 Å². The predicted octanol–water partition coefficient (Wildman–Crippen LogP) is 2.87. The van der Waals surface area contributed by atoms with Crippen molar-refractivity contribution in [2.75, 3.05) is 43.5 Å². The van der Waals surface area contributed by atoms with Crippen molar-refractivity contribution in [3.63, 3.8) is 0 Å². The van der Waals surface area contributed by atoms with Gasteiger partial charge in [-0.25, -0.2) is 0 Å². The minimum absolute atomic E-state index is 0.0745. The highest BCUT2D eigenvalue weighted by Gasteiger charge is 2.55. The Hall–Kier alpha value is -2.51. The van der Waals surface area contributed by atoms with Crippen LogP contribution in [0.1, 0.15) is 19.8 Å². The van der Waals surface area contributed by atoms with Crippen LogP contribution in [0.4, 0.5) is 11.5 Å². The Kier molecular flexibility index (Phi) is 5.39. The Morgan fingerprint density at radius 3 is 2.43 bits per heavy atom. The molecule has 1 saturated carbocycles. The number of carbonyl (C=O) groups excluding carboxylic acids is 1. The number of hydrogen-bond acceptors (Lipinski definition) is 6. The minimum atomic E-state index is -0.0745. The molecule has 1 unspecified atom stereocenters. The summed E-state index contributed by atoms with van der Waals surface area (Å²) >= 11 is 0. The highest BCUT2D eigenvalue weighted by atomic mass is 16.5. The summed E-state index contributed by atoms with van der Waals surface area (Å²) in [7, 11) is 0. The molecule has 7 nitrogen and oxygen atoms in total. The van der Waals surface area contributed by atoms with Crippen molar-refractivity contribution in [2.45, 2.75) is 25.8 Å². The van der Waals surface area contributed by atoms with Crippen molar-refractivity contribution in [1.82, 2.24) is 15.1 Å². The van der Waals surface area contributed by atoms with Crippen LogP contribution >= 0.6 is 0 Å². The summed E-state index contributed by atoms with van der Waals surface area (Å²) in [5.74, 6) is 3.08. The Bertz CT molecular complexity index is 867. The maximum atomic E-state index is 11.1. The number of ether oxygens (including phenoxy) is 1. The number of rotatable bonds is 6. The topological polar surface area (TPSA) is 79.4 Å². The second-order valence-corrected chi connectivity index (χ2v) is 8.83. The van der Waals surface area contributed by atoms with Gasteiger partial charge in [-0.05, 0) is 54.9 Å². The zero-order valence-electron chi connectivity index (χ0n) is 17.4. The predicted molar refractivity (Wildman–Crippen MR) is 116 cm³/mol. The van der Waals surface area contributed by atoms with Gasteiger partial charge in [0.05, 0.1) is 5.69 Å². The zero-order chi connectivity index (χ0) is 20.5. The molecule has 2 aliphatic heterocycles. The zero-order valence-corrected chi connectivity index (χ0v) is 17.4. The first-order chi connectivity index (χ1) is 14.7. The number of benzene rings is 1. The number of anilines is 2. The number of likely N-dealkylation sites (tertiary alicyclic amines) is 1. The van der Waals surface area contributed by atoms with Gasteiger partial charge in [0.2, 0.25) is 5.91 Å². The molecule has 7 heteroatoms. The summed E-state index contributed by atoms with van der Waals surface area (Å²) in [5.41, 5.74) is 2.59. The van der Waals surface area contributed by atoms with E-state index in [2.05, 4.69) is 25.7 Å². The standard InChI is InChI=1S/C23H29N5O2/c1-15(29)24-18-4-2-17(3-5-18)21-6-7-22(27-26-21)25-23-19-13-28(14-20(19)23)12-16-8-10-30-11-9-16/h2-7,16,19-20,23H,8-14H2,1H3,(H,24,29)(H,25,27)/t19-,20+,23?. The summed E-state index contributed by atoms with van der Waals surface area (Å²) in [6, 6.07) is 12.2. The molecule has 3 atom stereocenters. The molecule has 5 rings (SSSR count). The first-order valence-corrected chi connectivity index (χ1v) is 10.9. The molecule has 0 radical (unpaired) electrons. The number of aromatic nitrogens is 2. The molecule has 1 amide bonds. The fourth-order valence-corrected chi connectivity index (χ4v) is 4.93. The molecule has 3 aliphatic rings. The summed E-state index contributed by atoms with van der Waals surface area (Å²) in [4.78, 5) is 13.8. The number of carbonyl (C=O) groups is 1. The van der Waals surface area contributed by atoms with Gasteiger partial charge in [-0.2, -0.15) is 0 Å². The molecule has 1 aliphatic carbocycles. The molecular formula is C23H29N5O2.